The summed E-state index contributed by atoms with van der Waals surface area (Å²) in [5, 5.41) is 8.72. The molecule has 66 valence electrons. The molecule has 0 saturated heterocycles. The van der Waals surface area contributed by atoms with E-state index in [0.29, 0.717) is 11.8 Å². The van der Waals surface area contributed by atoms with E-state index in [1.165, 1.54) is 0 Å². The minimum atomic E-state index is -0.860. The highest BCUT2D eigenvalue weighted by atomic mass is 16.4. The Morgan fingerprint density at radius 3 is 2.67 bits per heavy atom. The number of hydrogen-bond acceptors (Lipinski definition) is 2. The van der Waals surface area contributed by atoms with Crippen molar-refractivity contribution >= 4 is 5.97 Å². The van der Waals surface area contributed by atoms with Gasteiger partial charge in [0.2, 0.25) is 0 Å². The average Bonchev–Trinajstić information content (AvgIpc) is 2.62. The molecule has 0 aliphatic heterocycles. The topological polar surface area (TPSA) is 63.3 Å². The zero-order chi connectivity index (χ0) is 8.72. The van der Waals surface area contributed by atoms with Crippen molar-refractivity contribution in [2.24, 2.45) is 23.5 Å². The van der Waals surface area contributed by atoms with Crippen molar-refractivity contribution in [1.29, 1.82) is 0 Å². The fourth-order valence-electron chi connectivity index (χ4n) is 2.42. The summed E-state index contributed by atoms with van der Waals surface area (Å²) >= 11 is 0. The Labute approximate surface area is 71.3 Å². The summed E-state index contributed by atoms with van der Waals surface area (Å²) in [4.78, 5) is 10.6. The van der Waals surface area contributed by atoms with Crippen molar-refractivity contribution in [3.63, 3.8) is 0 Å². The number of nitrogens with two attached hydrogens (primary N) is 1. The minimum absolute atomic E-state index is 0.178. The Bertz CT molecular complexity index is 237. The maximum absolute atomic E-state index is 10.6. The molecule has 0 aromatic carbocycles. The molecular weight excluding hydrogens is 154 g/mol. The summed E-state index contributed by atoms with van der Waals surface area (Å²) in [6.07, 6.45) is 6.40. The van der Waals surface area contributed by atoms with Crippen LogP contribution in [0.25, 0.3) is 0 Å². The number of carboxylic acid groups (broad SMARTS) is 1. The molecule has 0 amide bonds. The van der Waals surface area contributed by atoms with Gasteiger partial charge in [-0.3, -0.25) is 4.79 Å². The summed E-state index contributed by atoms with van der Waals surface area (Å²) in [5.41, 5.74) is 5.57. The molecule has 3 N–H and O–H groups in total. The van der Waals surface area contributed by atoms with Crippen LogP contribution in [-0.4, -0.2) is 17.1 Å². The summed E-state index contributed by atoms with van der Waals surface area (Å²) in [5.74, 6) is 0.352. The molecule has 4 atom stereocenters. The van der Waals surface area contributed by atoms with Crippen molar-refractivity contribution in [2.45, 2.75) is 18.9 Å². The molecule has 12 heavy (non-hydrogen) atoms. The summed E-state index contributed by atoms with van der Waals surface area (Å²) in [6, 6.07) is -0.662. The molecule has 1 saturated carbocycles. The van der Waals surface area contributed by atoms with Crippen LogP contribution in [0.5, 0.6) is 0 Å². The van der Waals surface area contributed by atoms with Crippen molar-refractivity contribution in [2.75, 3.05) is 0 Å². The first-order valence-electron chi connectivity index (χ1n) is 4.35. The largest absolute Gasteiger partial charge is 0.480 e. The highest BCUT2D eigenvalue weighted by Crippen LogP contribution is 2.44. The van der Waals surface area contributed by atoms with E-state index in [0.717, 1.165) is 12.8 Å². The number of allylic oxidation sites excluding steroid dienone is 2. The number of rotatable bonds is 2. The van der Waals surface area contributed by atoms with Crippen LogP contribution >= 0.6 is 0 Å². The molecule has 2 aliphatic rings. The number of hydrogen-bond donors (Lipinski definition) is 2. The SMILES string of the molecule is N[C@H](C(=O)O)C1C[C@@H]2C=C[C@H]1C2. The normalized spacial score (nSPS) is 40.2. The fraction of sp³-hybridized carbons (Fsp3) is 0.667. The Hall–Kier alpha value is -0.830. The predicted octanol–water partition coefficient (Wildman–Crippen LogP) is 0.610. The van der Waals surface area contributed by atoms with Crippen molar-refractivity contribution < 1.29 is 9.90 Å². The van der Waals surface area contributed by atoms with E-state index in [4.69, 9.17) is 10.8 Å². The fourth-order valence-corrected chi connectivity index (χ4v) is 2.42. The van der Waals surface area contributed by atoms with E-state index in [1.54, 1.807) is 0 Å². The second-order valence-corrected chi connectivity index (χ2v) is 3.81. The van der Waals surface area contributed by atoms with Gasteiger partial charge in [0.05, 0.1) is 0 Å². The molecule has 3 nitrogen and oxygen atoms in total. The first-order chi connectivity index (χ1) is 5.68. The highest BCUT2D eigenvalue weighted by Gasteiger charge is 2.40. The standard InChI is InChI=1S/C9H13NO2/c10-8(9(11)12)7-4-5-1-2-6(7)3-5/h1-2,5-8H,3-4,10H2,(H,11,12)/t5-,6+,7?,8+/m1/s1. The van der Waals surface area contributed by atoms with E-state index in [-0.39, 0.29) is 5.92 Å². The van der Waals surface area contributed by atoms with Crippen LogP contribution in [0.3, 0.4) is 0 Å². The van der Waals surface area contributed by atoms with Crippen LogP contribution in [0.1, 0.15) is 12.8 Å². The summed E-state index contributed by atoms with van der Waals surface area (Å²) in [6.45, 7) is 0. The maximum atomic E-state index is 10.6. The summed E-state index contributed by atoms with van der Waals surface area (Å²) in [7, 11) is 0. The van der Waals surface area contributed by atoms with Crippen molar-refractivity contribution in [3.05, 3.63) is 12.2 Å². The lowest BCUT2D eigenvalue weighted by atomic mass is 9.87. The zero-order valence-electron chi connectivity index (χ0n) is 6.81. The van der Waals surface area contributed by atoms with E-state index in [9.17, 15) is 4.79 Å². The van der Waals surface area contributed by atoms with Gasteiger partial charge in [0, 0.05) is 0 Å². The molecule has 1 fully saturated rings. The Balaban J connectivity index is 2.07. The summed E-state index contributed by atoms with van der Waals surface area (Å²) < 4.78 is 0. The van der Waals surface area contributed by atoms with Gasteiger partial charge in [0.15, 0.2) is 0 Å². The van der Waals surface area contributed by atoms with E-state index < -0.39 is 12.0 Å². The van der Waals surface area contributed by atoms with Crippen LogP contribution < -0.4 is 5.73 Å². The average molecular weight is 167 g/mol. The number of fused-ring (bicyclic) bond motifs is 2. The highest BCUT2D eigenvalue weighted by molar-refractivity contribution is 5.73. The van der Waals surface area contributed by atoms with Crippen LogP contribution in [-0.2, 0) is 4.79 Å². The van der Waals surface area contributed by atoms with Gasteiger partial charge in [0.1, 0.15) is 6.04 Å². The maximum Gasteiger partial charge on any atom is 0.320 e. The van der Waals surface area contributed by atoms with Crippen LogP contribution in [0.4, 0.5) is 0 Å². The molecule has 0 heterocycles. The van der Waals surface area contributed by atoms with Gasteiger partial charge in [-0.05, 0) is 30.6 Å². The van der Waals surface area contributed by atoms with Crippen LogP contribution in [0.15, 0.2) is 12.2 Å². The smallest absolute Gasteiger partial charge is 0.320 e. The lowest BCUT2D eigenvalue weighted by Crippen LogP contribution is -2.39. The molecule has 2 bridgehead atoms. The van der Waals surface area contributed by atoms with Crippen molar-refractivity contribution in [3.8, 4) is 0 Å². The van der Waals surface area contributed by atoms with Gasteiger partial charge in [0.25, 0.3) is 0 Å². The van der Waals surface area contributed by atoms with E-state index >= 15 is 0 Å². The third kappa shape index (κ3) is 1.05. The molecule has 0 spiro atoms. The lowest BCUT2D eigenvalue weighted by molar-refractivity contribution is -0.140. The minimum Gasteiger partial charge on any atom is -0.480 e. The molecule has 2 rings (SSSR count). The van der Waals surface area contributed by atoms with Gasteiger partial charge >= 0.3 is 5.97 Å². The second-order valence-electron chi connectivity index (χ2n) is 3.81. The van der Waals surface area contributed by atoms with Gasteiger partial charge in [-0.2, -0.15) is 0 Å². The van der Waals surface area contributed by atoms with Gasteiger partial charge in [-0.15, -0.1) is 0 Å². The predicted molar refractivity (Wildman–Crippen MR) is 44.5 cm³/mol. The first kappa shape index (κ1) is 7.80. The van der Waals surface area contributed by atoms with Crippen LogP contribution in [0, 0.1) is 17.8 Å². The monoisotopic (exact) mass is 167 g/mol. The third-order valence-electron chi connectivity index (χ3n) is 3.08. The van der Waals surface area contributed by atoms with E-state index in [2.05, 4.69) is 12.2 Å². The molecule has 0 radical (unpaired) electrons. The molecule has 0 aromatic rings. The molecule has 2 aliphatic carbocycles. The van der Waals surface area contributed by atoms with Crippen LogP contribution in [0.2, 0.25) is 0 Å². The Kier molecular flexibility index (Phi) is 1.68. The van der Waals surface area contributed by atoms with E-state index in [1.807, 2.05) is 0 Å². The number of carbonyl (C=O) groups is 1. The lowest BCUT2D eigenvalue weighted by Gasteiger charge is -2.21. The quantitative estimate of drug-likeness (QED) is 0.592. The first-order valence-corrected chi connectivity index (χ1v) is 4.35. The second kappa shape index (κ2) is 2.59. The molecule has 3 heteroatoms. The van der Waals surface area contributed by atoms with Gasteiger partial charge < -0.3 is 10.8 Å². The third-order valence-corrected chi connectivity index (χ3v) is 3.08. The molecule has 0 aromatic heterocycles. The number of aliphatic carboxylic acids is 1. The van der Waals surface area contributed by atoms with Gasteiger partial charge in [-0.25, -0.2) is 0 Å². The molecular formula is C9H13NO2. The molecule has 1 unspecified atom stereocenters. The van der Waals surface area contributed by atoms with Gasteiger partial charge in [-0.1, -0.05) is 12.2 Å². The Morgan fingerprint density at radius 2 is 2.25 bits per heavy atom. The van der Waals surface area contributed by atoms with Crippen molar-refractivity contribution in [1.82, 2.24) is 0 Å². The zero-order valence-corrected chi connectivity index (χ0v) is 6.81. The Morgan fingerprint density at radius 1 is 1.50 bits per heavy atom. The number of carboxylic acids is 1.